The average Bonchev–Trinajstić information content (AvgIpc) is 2.61. The van der Waals surface area contributed by atoms with Gasteiger partial charge in [0.15, 0.2) is 0 Å². The molecule has 1 N–H and O–H groups in total. The lowest BCUT2D eigenvalue weighted by Crippen LogP contribution is -2.23. The van der Waals surface area contributed by atoms with Crippen LogP contribution in [0.15, 0.2) is 0 Å². The topological polar surface area (TPSA) is 12.0 Å². The molecule has 4 unspecified atom stereocenters. The molecule has 0 aromatic heterocycles. The minimum absolute atomic E-state index is 0.865. The summed E-state index contributed by atoms with van der Waals surface area (Å²) in [6, 6.07) is 0. The molecule has 14 heavy (non-hydrogen) atoms. The zero-order valence-electron chi connectivity index (χ0n) is 9.39. The summed E-state index contributed by atoms with van der Waals surface area (Å²) in [5.41, 5.74) is 0.865. The van der Waals surface area contributed by atoms with Crippen LogP contribution < -0.4 is 5.32 Å². The van der Waals surface area contributed by atoms with Crippen molar-refractivity contribution in [1.82, 2.24) is 5.32 Å². The minimum Gasteiger partial charge on any atom is -0.316 e. The molecule has 0 aromatic carbocycles. The third-order valence-corrected chi connectivity index (χ3v) is 5.12. The van der Waals surface area contributed by atoms with Gasteiger partial charge in [0.05, 0.1) is 0 Å². The van der Waals surface area contributed by atoms with Gasteiger partial charge in [0, 0.05) is 0 Å². The van der Waals surface area contributed by atoms with Gasteiger partial charge in [-0.3, -0.25) is 0 Å². The molecule has 3 aliphatic rings. The van der Waals surface area contributed by atoms with Crippen molar-refractivity contribution in [2.75, 3.05) is 13.1 Å². The molecule has 0 heterocycles. The van der Waals surface area contributed by atoms with E-state index in [4.69, 9.17) is 0 Å². The van der Waals surface area contributed by atoms with E-state index in [-0.39, 0.29) is 0 Å². The first-order chi connectivity index (χ1) is 6.85. The van der Waals surface area contributed by atoms with E-state index in [1.54, 1.807) is 32.1 Å². The monoisotopic (exact) mass is 193 g/mol. The summed E-state index contributed by atoms with van der Waals surface area (Å²) in [6.45, 7) is 4.80. The fraction of sp³-hybridized carbons (Fsp3) is 1.00. The molecule has 0 aromatic rings. The maximum Gasteiger partial charge on any atom is -0.00149 e. The molecule has 0 aliphatic heterocycles. The molecule has 1 nitrogen and oxygen atoms in total. The van der Waals surface area contributed by atoms with Crippen LogP contribution in [0.25, 0.3) is 0 Å². The maximum absolute atomic E-state index is 3.61. The van der Waals surface area contributed by atoms with E-state index < -0.39 is 0 Å². The smallest absolute Gasteiger partial charge is 0.00149 e. The van der Waals surface area contributed by atoms with Crippen LogP contribution in [0.5, 0.6) is 0 Å². The average molecular weight is 193 g/mol. The largest absolute Gasteiger partial charge is 0.316 e. The molecule has 1 heteroatoms. The Morgan fingerprint density at radius 1 is 1.29 bits per heavy atom. The van der Waals surface area contributed by atoms with Crippen LogP contribution >= 0.6 is 0 Å². The second kappa shape index (κ2) is 3.23. The minimum atomic E-state index is 0.865. The Morgan fingerprint density at radius 3 is 2.86 bits per heavy atom. The lowest BCUT2D eigenvalue weighted by atomic mass is 9.84. The van der Waals surface area contributed by atoms with E-state index in [1.165, 1.54) is 19.5 Å². The summed E-state index contributed by atoms with van der Waals surface area (Å²) in [4.78, 5) is 0. The number of hydrogen-bond acceptors (Lipinski definition) is 1. The number of nitrogens with one attached hydrogen (secondary N) is 1. The molecular formula is C13H23N. The lowest BCUT2D eigenvalue weighted by molar-refractivity contribution is 0.278. The molecule has 3 rings (SSSR count). The molecule has 80 valence electrons. The van der Waals surface area contributed by atoms with Crippen molar-refractivity contribution < 1.29 is 0 Å². The van der Waals surface area contributed by atoms with E-state index in [9.17, 15) is 0 Å². The summed E-state index contributed by atoms with van der Waals surface area (Å²) in [5, 5.41) is 3.61. The van der Waals surface area contributed by atoms with Gasteiger partial charge in [-0.05, 0) is 68.4 Å². The Morgan fingerprint density at radius 2 is 2.21 bits per heavy atom. The number of fused-ring (bicyclic) bond motifs is 3. The van der Waals surface area contributed by atoms with Crippen LogP contribution in [0, 0.1) is 23.2 Å². The second-order valence-corrected chi connectivity index (χ2v) is 5.92. The van der Waals surface area contributed by atoms with Gasteiger partial charge in [-0.25, -0.2) is 0 Å². The van der Waals surface area contributed by atoms with Gasteiger partial charge < -0.3 is 5.32 Å². The zero-order chi connectivity index (χ0) is 9.60. The predicted octanol–water partition coefficient (Wildman–Crippen LogP) is 2.81. The van der Waals surface area contributed by atoms with Crippen LogP contribution in [0.3, 0.4) is 0 Å². The third kappa shape index (κ3) is 1.25. The Kier molecular flexibility index (Phi) is 2.12. The molecule has 1 spiro atoms. The first kappa shape index (κ1) is 9.21. The Labute approximate surface area is 87.7 Å². The third-order valence-electron chi connectivity index (χ3n) is 5.12. The summed E-state index contributed by atoms with van der Waals surface area (Å²) in [7, 11) is 0. The van der Waals surface area contributed by atoms with Crippen molar-refractivity contribution >= 4 is 0 Å². The van der Waals surface area contributed by atoms with Crippen LogP contribution in [-0.4, -0.2) is 13.1 Å². The van der Waals surface area contributed by atoms with Gasteiger partial charge in [0.25, 0.3) is 0 Å². The highest BCUT2D eigenvalue weighted by atomic mass is 14.9. The molecule has 0 amide bonds. The first-order valence-corrected chi connectivity index (χ1v) is 6.56. The van der Waals surface area contributed by atoms with Gasteiger partial charge in [-0.1, -0.05) is 13.3 Å². The predicted molar refractivity (Wildman–Crippen MR) is 59.1 cm³/mol. The molecule has 0 radical (unpaired) electrons. The maximum atomic E-state index is 3.61. The van der Waals surface area contributed by atoms with Crippen molar-refractivity contribution in [1.29, 1.82) is 0 Å². The van der Waals surface area contributed by atoms with Gasteiger partial charge in [-0.2, -0.15) is 0 Å². The SMILES string of the molecule is CCCNCC1CC12CC1CCC2C1. The van der Waals surface area contributed by atoms with Crippen LogP contribution in [-0.2, 0) is 0 Å². The zero-order valence-corrected chi connectivity index (χ0v) is 9.39. The van der Waals surface area contributed by atoms with E-state index in [2.05, 4.69) is 12.2 Å². The van der Waals surface area contributed by atoms with E-state index in [1.807, 2.05) is 0 Å². The fourth-order valence-corrected chi connectivity index (χ4v) is 4.36. The normalized spacial score (nSPS) is 49.1. The highest BCUT2D eigenvalue weighted by Crippen LogP contribution is 2.71. The molecule has 2 bridgehead atoms. The van der Waals surface area contributed by atoms with E-state index in [0.29, 0.717) is 0 Å². The number of hydrogen-bond donors (Lipinski definition) is 1. The summed E-state index contributed by atoms with van der Waals surface area (Å²) >= 11 is 0. The first-order valence-electron chi connectivity index (χ1n) is 6.56. The lowest BCUT2D eigenvalue weighted by Gasteiger charge is -2.22. The highest BCUT2D eigenvalue weighted by molar-refractivity contribution is 5.14. The summed E-state index contributed by atoms with van der Waals surface area (Å²) in [5.74, 6) is 3.33. The van der Waals surface area contributed by atoms with Crippen molar-refractivity contribution in [3.8, 4) is 0 Å². The summed E-state index contributed by atoms with van der Waals surface area (Å²) in [6.07, 6.45) is 9.15. The molecule has 4 atom stereocenters. The molecular weight excluding hydrogens is 170 g/mol. The number of rotatable bonds is 4. The Bertz CT molecular complexity index is 225. The van der Waals surface area contributed by atoms with Gasteiger partial charge >= 0.3 is 0 Å². The van der Waals surface area contributed by atoms with Crippen molar-refractivity contribution in [3.05, 3.63) is 0 Å². The highest BCUT2D eigenvalue weighted by Gasteiger charge is 2.63. The van der Waals surface area contributed by atoms with E-state index in [0.717, 1.165) is 23.2 Å². The van der Waals surface area contributed by atoms with Crippen molar-refractivity contribution in [2.24, 2.45) is 23.2 Å². The van der Waals surface area contributed by atoms with Gasteiger partial charge in [-0.15, -0.1) is 0 Å². The van der Waals surface area contributed by atoms with Gasteiger partial charge in [0.1, 0.15) is 0 Å². The van der Waals surface area contributed by atoms with Crippen LogP contribution in [0.4, 0.5) is 0 Å². The van der Waals surface area contributed by atoms with Crippen LogP contribution in [0.2, 0.25) is 0 Å². The fourth-order valence-electron chi connectivity index (χ4n) is 4.36. The molecule has 0 saturated heterocycles. The summed E-state index contributed by atoms with van der Waals surface area (Å²) < 4.78 is 0. The van der Waals surface area contributed by atoms with Crippen molar-refractivity contribution in [3.63, 3.8) is 0 Å². The molecule has 3 fully saturated rings. The Balaban J connectivity index is 1.52. The molecule has 3 aliphatic carbocycles. The quantitative estimate of drug-likeness (QED) is 0.677. The van der Waals surface area contributed by atoms with Gasteiger partial charge in [0.2, 0.25) is 0 Å². The van der Waals surface area contributed by atoms with Crippen molar-refractivity contribution in [2.45, 2.75) is 45.4 Å². The van der Waals surface area contributed by atoms with Crippen LogP contribution in [0.1, 0.15) is 45.4 Å². The Hall–Kier alpha value is -0.0400. The standard InChI is InChI=1S/C13H23N/c1-2-5-14-9-12-8-13(12)7-10-3-4-11(13)6-10/h10-12,14H,2-9H2,1H3. The second-order valence-electron chi connectivity index (χ2n) is 5.92. The molecule has 3 saturated carbocycles. The van der Waals surface area contributed by atoms with E-state index >= 15 is 0 Å².